The zero-order valence-electron chi connectivity index (χ0n) is 12.6. The smallest absolute Gasteiger partial charge is 0.246 e. The minimum Gasteiger partial charge on any atom is -0.495 e. The van der Waals surface area contributed by atoms with Gasteiger partial charge in [0.1, 0.15) is 10.6 Å². The maximum atomic E-state index is 12.7. The van der Waals surface area contributed by atoms with E-state index >= 15 is 0 Å². The zero-order chi connectivity index (χ0) is 14.8. The summed E-state index contributed by atoms with van der Waals surface area (Å²) < 4.78 is 32.2. The van der Waals surface area contributed by atoms with Crippen LogP contribution < -0.4 is 10.1 Å². The van der Waals surface area contributed by atoms with E-state index in [1.807, 2.05) is 20.0 Å². The van der Waals surface area contributed by atoms with Crippen LogP contribution in [0.25, 0.3) is 0 Å². The Balaban J connectivity index is 0.00000220. The summed E-state index contributed by atoms with van der Waals surface area (Å²) in [6.45, 7) is 2.97. The van der Waals surface area contributed by atoms with Gasteiger partial charge in [0.25, 0.3) is 0 Å². The molecule has 0 atom stereocenters. The Kier molecular flexibility index (Phi) is 6.46. The van der Waals surface area contributed by atoms with Gasteiger partial charge in [-0.05, 0) is 44.5 Å². The van der Waals surface area contributed by atoms with E-state index in [4.69, 9.17) is 4.74 Å². The average molecular weight is 335 g/mol. The topological polar surface area (TPSA) is 58.6 Å². The second-order valence-corrected chi connectivity index (χ2v) is 7.03. The molecule has 0 unspecified atom stereocenters. The SMILES string of the molecule is CNC1CCN(S(=O)(=O)c2cc(C)ccc2OC)CC1.Cl. The van der Waals surface area contributed by atoms with Crippen LogP contribution in [0.3, 0.4) is 0 Å². The molecular formula is C14H23ClN2O3S. The fourth-order valence-electron chi connectivity index (χ4n) is 2.51. The lowest BCUT2D eigenvalue weighted by Gasteiger charge is -2.31. The van der Waals surface area contributed by atoms with Crippen molar-refractivity contribution in [2.24, 2.45) is 0 Å². The van der Waals surface area contributed by atoms with Crippen LogP contribution in [0.1, 0.15) is 18.4 Å². The van der Waals surface area contributed by atoms with E-state index in [0.29, 0.717) is 24.9 Å². The predicted molar refractivity (Wildman–Crippen MR) is 85.8 cm³/mol. The molecule has 0 spiro atoms. The Morgan fingerprint density at radius 1 is 1.29 bits per heavy atom. The lowest BCUT2D eigenvalue weighted by molar-refractivity contribution is 0.297. The van der Waals surface area contributed by atoms with Crippen molar-refractivity contribution < 1.29 is 13.2 Å². The number of benzene rings is 1. The van der Waals surface area contributed by atoms with Crippen LogP contribution in [0.15, 0.2) is 23.1 Å². The molecule has 1 aromatic rings. The first-order chi connectivity index (χ1) is 9.48. The summed E-state index contributed by atoms with van der Waals surface area (Å²) in [6, 6.07) is 5.65. The van der Waals surface area contributed by atoms with E-state index < -0.39 is 10.0 Å². The van der Waals surface area contributed by atoms with Crippen molar-refractivity contribution in [3.63, 3.8) is 0 Å². The molecule has 0 amide bonds. The fraction of sp³-hybridized carbons (Fsp3) is 0.571. The molecule has 0 saturated carbocycles. The van der Waals surface area contributed by atoms with Crippen LogP contribution in [0.2, 0.25) is 0 Å². The number of sulfonamides is 1. The van der Waals surface area contributed by atoms with E-state index in [1.54, 1.807) is 16.4 Å². The van der Waals surface area contributed by atoms with E-state index in [1.165, 1.54) is 7.11 Å². The first-order valence-electron chi connectivity index (χ1n) is 6.81. The van der Waals surface area contributed by atoms with Crippen molar-refractivity contribution in [3.8, 4) is 5.75 Å². The molecule has 1 N–H and O–H groups in total. The Labute approximate surface area is 133 Å². The quantitative estimate of drug-likeness (QED) is 0.912. The van der Waals surface area contributed by atoms with Gasteiger partial charge in [0.05, 0.1) is 7.11 Å². The van der Waals surface area contributed by atoms with Crippen LogP contribution in [0.5, 0.6) is 5.75 Å². The fourth-order valence-corrected chi connectivity index (χ4v) is 4.22. The molecule has 1 fully saturated rings. The lowest BCUT2D eigenvalue weighted by atomic mass is 10.1. The Morgan fingerprint density at radius 2 is 1.90 bits per heavy atom. The van der Waals surface area contributed by atoms with E-state index in [0.717, 1.165) is 18.4 Å². The standard InChI is InChI=1S/C14H22N2O3S.ClH/c1-11-4-5-13(19-3)14(10-11)20(17,18)16-8-6-12(15-2)7-9-16;/h4-5,10,12,15H,6-9H2,1-3H3;1H. The van der Waals surface area contributed by atoms with Crippen LogP contribution in [0.4, 0.5) is 0 Å². The summed E-state index contributed by atoms with van der Waals surface area (Å²) in [6.07, 6.45) is 1.67. The van der Waals surface area contributed by atoms with Crippen molar-refractivity contribution in [2.75, 3.05) is 27.2 Å². The number of hydrogen-bond acceptors (Lipinski definition) is 4. The molecule has 21 heavy (non-hydrogen) atoms. The molecule has 0 radical (unpaired) electrons. The van der Waals surface area contributed by atoms with Gasteiger partial charge in [-0.1, -0.05) is 6.07 Å². The molecule has 1 aliphatic rings. The highest BCUT2D eigenvalue weighted by Gasteiger charge is 2.31. The number of piperidine rings is 1. The number of nitrogens with zero attached hydrogens (tertiary/aromatic N) is 1. The van der Waals surface area contributed by atoms with Crippen molar-refractivity contribution in [3.05, 3.63) is 23.8 Å². The molecule has 0 bridgehead atoms. The number of nitrogens with one attached hydrogen (secondary N) is 1. The summed E-state index contributed by atoms with van der Waals surface area (Å²) in [5, 5.41) is 3.20. The third-order valence-corrected chi connectivity index (χ3v) is 5.72. The summed E-state index contributed by atoms with van der Waals surface area (Å²) in [4.78, 5) is 0.267. The van der Waals surface area contributed by atoms with Gasteiger partial charge in [0.15, 0.2) is 0 Å². The highest BCUT2D eigenvalue weighted by molar-refractivity contribution is 7.89. The van der Waals surface area contributed by atoms with Crippen LogP contribution in [-0.4, -0.2) is 46.0 Å². The van der Waals surface area contributed by atoms with Crippen molar-refractivity contribution in [1.29, 1.82) is 0 Å². The van der Waals surface area contributed by atoms with Crippen molar-refractivity contribution >= 4 is 22.4 Å². The van der Waals surface area contributed by atoms with Gasteiger partial charge < -0.3 is 10.1 Å². The van der Waals surface area contributed by atoms with Crippen molar-refractivity contribution in [2.45, 2.75) is 30.7 Å². The molecule has 0 aliphatic carbocycles. The second-order valence-electron chi connectivity index (χ2n) is 5.12. The van der Waals surface area contributed by atoms with Crippen LogP contribution in [0, 0.1) is 6.92 Å². The number of aryl methyl sites for hydroxylation is 1. The highest BCUT2D eigenvalue weighted by atomic mass is 35.5. The molecule has 1 heterocycles. The van der Waals surface area contributed by atoms with Crippen LogP contribution >= 0.6 is 12.4 Å². The summed E-state index contributed by atoms with van der Waals surface area (Å²) in [7, 11) is -0.0663. The number of rotatable bonds is 4. The molecule has 120 valence electrons. The van der Waals surface area contributed by atoms with Gasteiger partial charge in [-0.2, -0.15) is 4.31 Å². The average Bonchev–Trinajstić information content (AvgIpc) is 2.47. The van der Waals surface area contributed by atoms with Crippen LogP contribution in [-0.2, 0) is 10.0 Å². The minimum atomic E-state index is -3.48. The molecular weight excluding hydrogens is 312 g/mol. The van der Waals surface area contributed by atoms with Gasteiger partial charge in [0.2, 0.25) is 10.0 Å². The van der Waals surface area contributed by atoms with Gasteiger partial charge in [0, 0.05) is 19.1 Å². The summed E-state index contributed by atoms with van der Waals surface area (Å²) in [5.74, 6) is 0.409. The number of methoxy groups -OCH3 is 1. The summed E-state index contributed by atoms with van der Waals surface area (Å²) in [5.41, 5.74) is 0.912. The number of ether oxygens (including phenoxy) is 1. The van der Waals surface area contributed by atoms with E-state index in [9.17, 15) is 8.42 Å². The Morgan fingerprint density at radius 3 is 2.43 bits per heavy atom. The van der Waals surface area contributed by atoms with Gasteiger partial charge in [-0.3, -0.25) is 0 Å². The number of hydrogen-bond donors (Lipinski definition) is 1. The van der Waals surface area contributed by atoms with E-state index in [2.05, 4.69) is 5.32 Å². The predicted octanol–water partition coefficient (Wildman–Crippen LogP) is 1.80. The Bertz CT molecular complexity index is 570. The zero-order valence-corrected chi connectivity index (χ0v) is 14.3. The first-order valence-corrected chi connectivity index (χ1v) is 8.25. The minimum absolute atomic E-state index is 0. The molecule has 1 saturated heterocycles. The molecule has 5 nitrogen and oxygen atoms in total. The highest BCUT2D eigenvalue weighted by Crippen LogP contribution is 2.29. The number of halogens is 1. The molecule has 1 aliphatic heterocycles. The van der Waals surface area contributed by atoms with Gasteiger partial charge in [-0.25, -0.2) is 8.42 Å². The second kappa shape index (κ2) is 7.45. The van der Waals surface area contributed by atoms with Gasteiger partial charge >= 0.3 is 0 Å². The molecule has 1 aromatic carbocycles. The van der Waals surface area contributed by atoms with Crippen molar-refractivity contribution in [1.82, 2.24) is 9.62 Å². The molecule has 7 heteroatoms. The Hall–Kier alpha value is -0.820. The van der Waals surface area contributed by atoms with Gasteiger partial charge in [-0.15, -0.1) is 12.4 Å². The largest absolute Gasteiger partial charge is 0.495 e. The third-order valence-electron chi connectivity index (χ3n) is 3.80. The monoisotopic (exact) mass is 334 g/mol. The van der Waals surface area contributed by atoms with E-state index in [-0.39, 0.29) is 17.3 Å². The maximum Gasteiger partial charge on any atom is 0.246 e. The lowest BCUT2D eigenvalue weighted by Crippen LogP contribution is -2.43. The molecule has 2 rings (SSSR count). The normalized spacial score (nSPS) is 17.3. The molecule has 0 aromatic heterocycles. The maximum absolute atomic E-state index is 12.7. The first kappa shape index (κ1) is 18.2. The summed E-state index contributed by atoms with van der Waals surface area (Å²) >= 11 is 0. The third kappa shape index (κ3) is 3.88.